The standard InChI is InChI=1S/C21H13FN4O3/c22-15-7-4-8-16(10-15)26-20(28)17(19(27)25-21(26)29)9-13-11-23-18(24-12-13)14-5-2-1-3-6-14/h1-12H,(H,25,27,29)/b17-9+. The van der Waals surface area contributed by atoms with Gasteiger partial charge in [0.2, 0.25) is 0 Å². The summed E-state index contributed by atoms with van der Waals surface area (Å²) in [6.45, 7) is 0. The molecule has 3 aromatic rings. The zero-order chi connectivity index (χ0) is 20.4. The van der Waals surface area contributed by atoms with E-state index in [1.165, 1.54) is 36.7 Å². The lowest BCUT2D eigenvalue weighted by molar-refractivity contribution is -0.122. The molecule has 4 rings (SSSR count). The highest BCUT2D eigenvalue weighted by Crippen LogP contribution is 2.22. The molecule has 142 valence electrons. The van der Waals surface area contributed by atoms with E-state index in [1.807, 2.05) is 30.3 Å². The van der Waals surface area contributed by atoms with E-state index >= 15 is 0 Å². The van der Waals surface area contributed by atoms with Crippen LogP contribution in [0.5, 0.6) is 0 Å². The van der Waals surface area contributed by atoms with Crippen LogP contribution in [0.3, 0.4) is 0 Å². The number of aromatic nitrogens is 2. The van der Waals surface area contributed by atoms with Crippen LogP contribution in [-0.2, 0) is 9.59 Å². The van der Waals surface area contributed by atoms with Gasteiger partial charge in [0.15, 0.2) is 5.82 Å². The summed E-state index contributed by atoms with van der Waals surface area (Å²) >= 11 is 0. The molecule has 0 spiro atoms. The average molecular weight is 388 g/mol. The molecule has 0 saturated carbocycles. The number of halogens is 1. The topological polar surface area (TPSA) is 92.3 Å². The molecule has 2 aromatic carbocycles. The van der Waals surface area contributed by atoms with Crippen LogP contribution in [0, 0.1) is 5.82 Å². The quantitative estimate of drug-likeness (QED) is 0.550. The van der Waals surface area contributed by atoms with Crippen molar-refractivity contribution in [3.05, 3.63) is 83.9 Å². The van der Waals surface area contributed by atoms with Crippen molar-refractivity contribution < 1.29 is 18.8 Å². The molecule has 7 nitrogen and oxygen atoms in total. The van der Waals surface area contributed by atoms with E-state index in [2.05, 4.69) is 15.3 Å². The molecule has 29 heavy (non-hydrogen) atoms. The van der Waals surface area contributed by atoms with E-state index in [0.29, 0.717) is 16.3 Å². The van der Waals surface area contributed by atoms with Crippen LogP contribution in [0.25, 0.3) is 17.5 Å². The normalized spacial score (nSPS) is 15.6. The molecule has 8 heteroatoms. The second-order valence-corrected chi connectivity index (χ2v) is 6.14. The van der Waals surface area contributed by atoms with Gasteiger partial charge in [-0.25, -0.2) is 24.1 Å². The van der Waals surface area contributed by atoms with Crippen molar-refractivity contribution in [2.45, 2.75) is 0 Å². The Hall–Kier alpha value is -4.20. The number of imide groups is 2. The highest BCUT2D eigenvalue weighted by Gasteiger charge is 2.36. The van der Waals surface area contributed by atoms with Crippen molar-refractivity contribution in [2.75, 3.05) is 4.90 Å². The Balaban J connectivity index is 1.66. The third kappa shape index (κ3) is 3.63. The fourth-order valence-corrected chi connectivity index (χ4v) is 2.82. The maximum atomic E-state index is 13.5. The fraction of sp³-hybridized carbons (Fsp3) is 0. The SMILES string of the molecule is O=C1NC(=O)N(c2cccc(F)c2)C(=O)/C1=C/c1cnc(-c2ccccc2)nc1. The molecule has 0 radical (unpaired) electrons. The molecule has 1 aliphatic heterocycles. The van der Waals surface area contributed by atoms with Gasteiger partial charge in [0.25, 0.3) is 11.8 Å². The van der Waals surface area contributed by atoms with Crippen molar-refractivity contribution in [1.29, 1.82) is 0 Å². The minimum absolute atomic E-state index is 0.0153. The van der Waals surface area contributed by atoms with Gasteiger partial charge in [0.1, 0.15) is 11.4 Å². The number of carbonyl (C=O) groups excluding carboxylic acids is 3. The number of barbiturate groups is 1. The molecule has 1 aliphatic rings. The second-order valence-electron chi connectivity index (χ2n) is 6.14. The first-order valence-electron chi connectivity index (χ1n) is 8.57. The van der Waals surface area contributed by atoms with Crippen molar-refractivity contribution in [2.24, 2.45) is 0 Å². The zero-order valence-corrected chi connectivity index (χ0v) is 14.9. The molecule has 0 aliphatic carbocycles. The van der Waals surface area contributed by atoms with Gasteiger partial charge in [-0.2, -0.15) is 0 Å². The van der Waals surface area contributed by atoms with Crippen molar-refractivity contribution in [3.8, 4) is 11.4 Å². The number of hydrogen-bond acceptors (Lipinski definition) is 5. The zero-order valence-electron chi connectivity index (χ0n) is 14.9. The number of anilines is 1. The van der Waals surface area contributed by atoms with Crippen molar-refractivity contribution in [1.82, 2.24) is 15.3 Å². The van der Waals surface area contributed by atoms with E-state index in [1.54, 1.807) is 0 Å². The summed E-state index contributed by atoms with van der Waals surface area (Å²) in [7, 11) is 0. The molecule has 0 bridgehead atoms. The molecule has 1 aromatic heterocycles. The first kappa shape index (κ1) is 18.2. The summed E-state index contributed by atoms with van der Waals surface area (Å²) in [6, 6.07) is 13.3. The van der Waals surface area contributed by atoms with Gasteiger partial charge in [-0.15, -0.1) is 0 Å². The Labute approximate surface area is 164 Å². The number of rotatable bonds is 3. The Morgan fingerprint density at radius 2 is 1.66 bits per heavy atom. The minimum atomic E-state index is -0.946. The molecule has 2 heterocycles. The fourth-order valence-electron chi connectivity index (χ4n) is 2.82. The summed E-state index contributed by atoms with van der Waals surface area (Å²) in [6.07, 6.45) is 4.21. The summed E-state index contributed by atoms with van der Waals surface area (Å²) in [5.74, 6) is -1.84. The van der Waals surface area contributed by atoms with Gasteiger partial charge in [-0.3, -0.25) is 14.9 Å². The molecule has 0 atom stereocenters. The maximum Gasteiger partial charge on any atom is 0.335 e. The van der Waals surface area contributed by atoms with Crippen LogP contribution in [0.15, 0.2) is 72.6 Å². The van der Waals surface area contributed by atoms with Crippen LogP contribution >= 0.6 is 0 Å². The average Bonchev–Trinajstić information content (AvgIpc) is 2.72. The predicted molar refractivity (Wildman–Crippen MR) is 103 cm³/mol. The third-order valence-electron chi connectivity index (χ3n) is 4.18. The first-order chi connectivity index (χ1) is 14.0. The maximum absolute atomic E-state index is 13.5. The van der Waals surface area contributed by atoms with Gasteiger partial charge in [0, 0.05) is 23.5 Å². The summed E-state index contributed by atoms with van der Waals surface area (Å²) < 4.78 is 13.5. The van der Waals surface area contributed by atoms with Crippen LogP contribution in [0.1, 0.15) is 5.56 Å². The number of amides is 4. The highest BCUT2D eigenvalue weighted by atomic mass is 19.1. The number of benzene rings is 2. The summed E-state index contributed by atoms with van der Waals surface area (Å²) in [4.78, 5) is 46.3. The summed E-state index contributed by atoms with van der Waals surface area (Å²) in [5, 5.41) is 2.08. The van der Waals surface area contributed by atoms with E-state index in [0.717, 1.165) is 11.6 Å². The Bertz CT molecular complexity index is 1140. The largest absolute Gasteiger partial charge is 0.335 e. The van der Waals surface area contributed by atoms with Gasteiger partial charge in [0.05, 0.1) is 5.69 Å². The smallest absolute Gasteiger partial charge is 0.273 e. The number of hydrogen-bond donors (Lipinski definition) is 1. The van der Waals surface area contributed by atoms with Gasteiger partial charge in [-0.1, -0.05) is 36.4 Å². The number of carbonyl (C=O) groups is 3. The third-order valence-corrected chi connectivity index (χ3v) is 4.18. The number of nitrogens with zero attached hydrogens (tertiary/aromatic N) is 3. The Kier molecular flexibility index (Phi) is 4.66. The molecular weight excluding hydrogens is 375 g/mol. The minimum Gasteiger partial charge on any atom is -0.273 e. The van der Waals surface area contributed by atoms with Crippen LogP contribution in [0.4, 0.5) is 14.9 Å². The van der Waals surface area contributed by atoms with Crippen LogP contribution in [-0.4, -0.2) is 27.8 Å². The lowest BCUT2D eigenvalue weighted by Gasteiger charge is -2.26. The molecule has 1 fully saturated rings. The first-order valence-corrected chi connectivity index (χ1v) is 8.57. The Morgan fingerprint density at radius 3 is 2.34 bits per heavy atom. The number of urea groups is 1. The van der Waals surface area contributed by atoms with Gasteiger partial charge < -0.3 is 0 Å². The molecular formula is C21H13FN4O3. The predicted octanol–water partition coefficient (Wildman–Crippen LogP) is 2.95. The number of nitrogens with one attached hydrogen (secondary N) is 1. The monoisotopic (exact) mass is 388 g/mol. The van der Waals surface area contributed by atoms with Crippen molar-refractivity contribution >= 4 is 29.6 Å². The highest BCUT2D eigenvalue weighted by molar-refractivity contribution is 6.39. The van der Waals surface area contributed by atoms with Crippen molar-refractivity contribution in [3.63, 3.8) is 0 Å². The van der Waals surface area contributed by atoms with Gasteiger partial charge in [-0.05, 0) is 24.3 Å². The molecule has 1 N–H and O–H groups in total. The van der Waals surface area contributed by atoms with Gasteiger partial charge >= 0.3 is 6.03 Å². The second kappa shape index (κ2) is 7.43. The molecule has 4 amide bonds. The molecule has 1 saturated heterocycles. The lowest BCUT2D eigenvalue weighted by atomic mass is 10.1. The lowest BCUT2D eigenvalue weighted by Crippen LogP contribution is -2.54. The Morgan fingerprint density at radius 1 is 0.931 bits per heavy atom. The van der Waals surface area contributed by atoms with Crippen LogP contribution < -0.4 is 10.2 Å². The molecule has 0 unspecified atom stereocenters. The van der Waals surface area contributed by atoms with E-state index in [4.69, 9.17) is 0 Å². The summed E-state index contributed by atoms with van der Waals surface area (Å²) in [5.41, 5.74) is 0.948. The van der Waals surface area contributed by atoms with E-state index in [9.17, 15) is 18.8 Å². The van der Waals surface area contributed by atoms with Crippen LogP contribution in [0.2, 0.25) is 0 Å². The van der Waals surface area contributed by atoms with E-state index in [-0.39, 0.29) is 11.3 Å². The van der Waals surface area contributed by atoms with E-state index < -0.39 is 23.7 Å².